The van der Waals surface area contributed by atoms with Crippen LogP contribution in [0.1, 0.15) is 23.7 Å². The maximum absolute atomic E-state index is 13.8. The number of H-pyrrole nitrogens is 1. The number of benzene rings is 1. The van der Waals surface area contributed by atoms with Crippen LogP contribution in [0.25, 0.3) is 27.7 Å². The zero-order valence-electron chi connectivity index (χ0n) is 19.6. The second-order valence-electron chi connectivity index (χ2n) is 8.65. The molecule has 0 saturated carbocycles. The number of pyridine rings is 1. The molecule has 1 aromatic carbocycles. The van der Waals surface area contributed by atoms with Gasteiger partial charge in [-0.1, -0.05) is 18.2 Å². The van der Waals surface area contributed by atoms with E-state index in [0.29, 0.717) is 11.1 Å². The van der Waals surface area contributed by atoms with Crippen molar-refractivity contribution in [1.29, 1.82) is 0 Å². The number of aromatic amines is 1. The maximum Gasteiger partial charge on any atom is 0.420 e. The summed E-state index contributed by atoms with van der Waals surface area (Å²) in [6.45, 7) is 1.19. The van der Waals surface area contributed by atoms with E-state index in [0.717, 1.165) is 22.5 Å². The van der Waals surface area contributed by atoms with Gasteiger partial charge >= 0.3 is 6.18 Å². The fourth-order valence-corrected chi connectivity index (χ4v) is 4.31. The molecule has 3 N–H and O–H groups in total. The van der Waals surface area contributed by atoms with Crippen LogP contribution in [-0.4, -0.2) is 32.2 Å². The fraction of sp³-hybridized carbons (Fsp3) is 0.192. The molecule has 11 heteroatoms. The molecule has 5 rings (SSSR count). The predicted octanol–water partition coefficient (Wildman–Crippen LogP) is 4.46. The average molecular weight is 509 g/mol. The molecule has 0 bridgehead atoms. The highest BCUT2D eigenvalue weighted by molar-refractivity contribution is 5.89. The number of nitrogens with zero attached hydrogens (tertiary/aromatic N) is 2. The number of carbonyl (C=O) groups excluding carboxylic acids is 2. The first-order valence-corrected chi connectivity index (χ1v) is 11.4. The van der Waals surface area contributed by atoms with Crippen molar-refractivity contribution in [2.75, 3.05) is 0 Å². The third-order valence-electron chi connectivity index (χ3n) is 6.00. The van der Waals surface area contributed by atoms with Crippen LogP contribution < -0.4 is 10.6 Å². The van der Waals surface area contributed by atoms with E-state index in [1.807, 2.05) is 24.3 Å². The summed E-state index contributed by atoms with van der Waals surface area (Å²) in [5.41, 5.74) is 1.60. The minimum absolute atomic E-state index is 0.122. The molecule has 0 fully saturated rings. The number of furan rings is 1. The lowest BCUT2D eigenvalue weighted by Gasteiger charge is -2.17. The number of nitrogens with one attached hydrogen (secondary N) is 3. The van der Waals surface area contributed by atoms with Crippen molar-refractivity contribution in [3.8, 4) is 11.1 Å². The summed E-state index contributed by atoms with van der Waals surface area (Å²) in [7, 11) is 0. The van der Waals surface area contributed by atoms with E-state index in [1.165, 1.54) is 36.2 Å². The number of carbonyl (C=O) groups is 2. The number of halogens is 3. The lowest BCUT2D eigenvalue weighted by molar-refractivity contribution is -0.136. The molecule has 0 aliphatic rings. The standard InChI is InChI=1S/C26H22F3N5O3/c1-15(35)32-23(9-17-10-30-22-5-3-2-4-20(17)22)25(36)31-11-19-13-34-12-18(16-6-7-37-14-16)8-21(24(34)33-19)26(27,28)29/h2-8,10,12-14,23,30H,9,11H2,1H3,(H,31,36)(H,32,35). The van der Waals surface area contributed by atoms with Crippen molar-refractivity contribution in [2.45, 2.75) is 32.1 Å². The van der Waals surface area contributed by atoms with Gasteiger partial charge < -0.3 is 24.4 Å². The van der Waals surface area contributed by atoms with E-state index in [-0.39, 0.29) is 30.2 Å². The Labute approximate surface area is 208 Å². The summed E-state index contributed by atoms with van der Waals surface area (Å²) in [6, 6.07) is 9.28. The number of aromatic nitrogens is 3. The molecule has 8 nitrogen and oxygen atoms in total. The summed E-state index contributed by atoms with van der Waals surface area (Å²) < 4.78 is 47.7. The van der Waals surface area contributed by atoms with Gasteiger partial charge in [-0.15, -0.1) is 0 Å². The molecule has 0 spiro atoms. The van der Waals surface area contributed by atoms with Gasteiger partial charge in [-0.25, -0.2) is 4.98 Å². The van der Waals surface area contributed by atoms with Gasteiger partial charge in [-0.3, -0.25) is 9.59 Å². The lowest BCUT2D eigenvalue weighted by atomic mass is 10.0. The number of alkyl halides is 3. The minimum atomic E-state index is -4.64. The van der Waals surface area contributed by atoms with Gasteiger partial charge in [0.1, 0.15) is 11.7 Å². The van der Waals surface area contributed by atoms with Crippen molar-refractivity contribution in [2.24, 2.45) is 0 Å². The first-order valence-electron chi connectivity index (χ1n) is 11.4. The average Bonchev–Trinajstić information content (AvgIpc) is 3.60. The predicted molar refractivity (Wildman–Crippen MR) is 129 cm³/mol. The number of imidazole rings is 1. The zero-order valence-corrected chi connectivity index (χ0v) is 19.6. The van der Waals surface area contributed by atoms with Crippen LogP contribution in [0.5, 0.6) is 0 Å². The molecule has 0 aliphatic carbocycles. The molecule has 37 heavy (non-hydrogen) atoms. The van der Waals surface area contributed by atoms with E-state index >= 15 is 0 Å². The van der Waals surface area contributed by atoms with Crippen LogP contribution in [-0.2, 0) is 28.7 Å². The normalized spacial score (nSPS) is 12.6. The Morgan fingerprint density at radius 1 is 1.16 bits per heavy atom. The van der Waals surface area contributed by atoms with Crippen molar-refractivity contribution < 1.29 is 27.2 Å². The second-order valence-corrected chi connectivity index (χ2v) is 8.65. The van der Waals surface area contributed by atoms with Gasteiger partial charge in [0.15, 0.2) is 0 Å². The first kappa shape index (κ1) is 24.2. The van der Waals surface area contributed by atoms with E-state index in [2.05, 4.69) is 20.6 Å². The molecule has 1 atom stereocenters. The van der Waals surface area contributed by atoms with Crippen molar-refractivity contribution in [3.63, 3.8) is 0 Å². The molecule has 4 aromatic heterocycles. The Morgan fingerprint density at radius 2 is 1.97 bits per heavy atom. The van der Waals surface area contributed by atoms with Crippen LogP contribution in [0.2, 0.25) is 0 Å². The number of hydrogen-bond acceptors (Lipinski definition) is 4. The highest BCUT2D eigenvalue weighted by atomic mass is 19.4. The molecule has 2 amide bonds. The van der Waals surface area contributed by atoms with Crippen LogP contribution >= 0.6 is 0 Å². The summed E-state index contributed by atoms with van der Waals surface area (Å²) >= 11 is 0. The monoisotopic (exact) mass is 509 g/mol. The number of hydrogen-bond donors (Lipinski definition) is 3. The zero-order chi connectivity index (χ0) is 26.2. The Morgan fingerprint density at radius 3 is 2.70 bits per heavy atom. The van der Waals surface area contributed by atoms with Crippen LogP contribution in [0.3, 0.4) is 0 Å². The molecular weight excluding hydrogens is 487 g/mol. The Bertz CT molecular complexity index is 1580. The molecule has 4 heterocycles. The largest absolute Gasteiger partial charge is 0.472 e. The Balaban J connectivity index is 1.38. The fourth-order valence-electron chi connectivity index (χ4n) is 4.31. The third kappa shape index (κ3) is 5.06. The smallest absolute Gasteiger partial charge is 0.420 e. The van der Waals surface area contributed by atoms with Crippen LogP contribution in [0.4, 0.5) is 13.2 Å². The van der Waals surface area contributed by atoms with Crippen molar-refractivity contribution in [3.05, 3.63) is 84.3 Å². The Hall–Kier alpha value is -4.54. The highest BCUT2D eigenvalue weighted by Gasteiger charge is 2.35. The molecular formula is C26H22F3N5O3. The number of fused-ring (bicyclic) bond motifs is 2. The van der Waals surface area contributed by atoms with E-state index in [1.54, 1.807) is 12.3 Å². The van der Waals surface area contributed by atoms with Crippen LogP contribution in [0.15, 0.2) is 71.9 Å². The van der Waals surface area contributed by atoms with E-state index in [4.69, 9.17) is 4.42 Å². The number of amides is 2. The van der Waals surface area contributed by atoms with Crippen LogP contribution in [0, 0.1) is 0 Å². The van der Waals surface area contributed by atoms with Gasteiger partial charge in [0, 0.05) is 54.0 Å². The minimum Gasteiger partial charge on any atom is -0.472 e. The number of para-hydroxylation sites is 1. The van der Waals surface area contributed by atoms with Gasteiger partial charge in [0.2, 0.25) is 11.8 Å². The molecule has 0 saturated heterocycles. The SMILES string of the molecule is CC(=O)NC(Cc1c[nH]c2ccccc12)C(=O)NCc1cn2cc(-c3ccoc3)cc(C(F)(F)F)c2n1. The molecule has 0 radical (unpaired) electrons. The summed E-state index contributed by atoms with van der Waals surface area (Å²) in [6.07, 6.45) is 3.06. The van der Waals surface area contributed by atoms with E-state index < -0.39 is 23.7 Å². The molecule has 190 valence electrons. The lowest BCUT2D eigenvalue weighted by Crippen LogP contribution is -2.47. The van der Waals surface area contributed by atoms with Crippen molar-refractivity contribution in [1.82, 2.24) is 25.0 Å². The van der Waals surface area contributed by atoms with Gasteiger partial charge in [-0.2, -0.15) is 13.2 Å². The molecule has 0 aliphatic heterocycles. The summed E-state index contributed by atoms with van der Waals surface area (Å²) in [5.74, 6) is -0.859. The quantitative estimate of drug-likeness (QED) is 0.301. The van der Waals surface area contributed by atoms with Gasteiger partial charge in [0.25, 0.3) is 0 Å². The summed E-state index contributed by atoms with van der Waals surface area (Å²) in [4.78, 5) is 32.0. The maximum atomic E-state index is 13.8. The number of rotatable bonds is 7. The highest BCUT2D eigenvalue weighted by Crippen LogP contribution is 2.35. The van der Waals surface area contributed by atoms with Crippen molar-refractivity contribution >= 4 is 28.4 Å². The second kappa shape index (κ2) is 9.49. The molecule has 5 aromatic rings. The van der Waals surface area contributed by atoms with E-state index in [9.17, 15) is 22.8 Å². The Kier molecular flexibility index (Phi) is 6.20. The first-order chi connectivity index (χ1) is 17.7. The third-order valence-corrected chi connectivity index (χ3v) is 6.00. The summed E-state index contributed by atoms with van der Waals surface area (Å²) in [5, 5.41) is 6.27. The van der Waals surface area contributed by atoms with Gasteiger partial charge in [-0.05, 0) is 23.8 Å². The van der Waals surface area contributed by atoms with Gasteiger partial charge in [0.05, 0.1) is 30.3 Å². The molecule has 1 unspecified atom stereocenters. The topological polar surface area (TPSA) is 104 Å².